The van der Waals surface area contributed by atoms with Crippen molar-refractivity contribution in [1.29, 1.82) is 0 Å². The number of nitro benzene ring substituents is 1. The molecule has 0 bridgehead atoms. The molecule has 1 aromatic heterocycles. The maximum Gasteiger partial charge on any atom is 0.284 e. The van der Waals surface area contributed by atoms with Crippen LogP contribution < -0.4 is 10.6 Å². The van der Waals surface area contributed by atoms with Gasteiger partial charge in [0.05, 0.1) is 16.4 Å². The fourth-order valence-corrected chi connectivity index (χ4v) is 3.66. The van der Waals surface area contributed by atoms with Gasteiger partial charge in [-0.2, -0.15) is 0 Å². The minimum Gasteiger partial charge on any atom is -0.343 e. The molecule has 0 unspecified atom stereocenters. The van der Waals surface area contributed by atoms with Gasteiger partial charge in [-0.05, 0) is 48.9 Å². The van der Waals surface area contributed by atoms with Crippen LogP contribution in [-0.4, -0.2) is 38.0 Å². The lowest BCUT2D eigenvalue weighted by Gasteiger charge is -2.12. The first kappa shape index (κ1) is 22.0. The van der Waals surface area contributed by atoms with Crippen molar-refractivity contribution in [1.82, 2.24) is 20.1 Å². The highest BCUT2D eigenvalue weighted by atomic mass is 32.2. The summed E-state index contributed by atoms with van der Waals surface area (Å²) in [6.45, 7) is 3.48. The quantitative estimate of drug-likeness (QED) is 0.426. The molecule has 0 fully saturated rings. The highest BCUT2D eigenvalue weighted by molar-refractivity contribution is 7.99. The summed E-state index contributed by atoms with van der Waals surface area (Å²) in [5.74, 6) is -0.982. The molecule has 0 spiro atoms. The van der Waals surface area contributed by atoms with Gasteiger partial charge >= 0.3 is 0 Å². The van der Waals surface area contributed by atoms with Crippen molar-refractivity contribution in [3.05, 3.63) is 69.5 Å². The van der Waals surface area contributed by atoms with E-state index in [0.29, 0.717) is 15.7 Å². The van der Waals surface area contributed by atoms with Gasteiger partial charge in [-0.3, -0.25) is 19.7 Å². The van der Waals surface area contributed by atoms with E-state index in [1.807, 2.05) is 32.0 Å². The van der Waals surface area contributed by atoms with Crippen molar-refractivity contribution in [3.8, 4) is 0 Å². The smallest absolute Gasteiger partial charge is 0.284 e. The molecule has 1 heterocycles. The largest absolute Gasteiger partial charge is 0.343 e. The molecular formula is C20H20N6O4S. The van der Waals surface area contributed by atoms with Crippen LogP contribution in [0.25, 0.3) is 0 Å². The molecule has 0 radical (unpaired) electrons. The molecule has 2 amide bonds. The van der Waals surface area contributed by atoms with E-state index in [4.69, 9.17) is 0 Å². The van der Waals surface area contributed by atoms with E-state index in [1.165, 1.54) is 24.5 Å². The highest BCUT2D eigenvalue weighted by Crippen LogP contribution is 2.34. The van der Waals surface area contributed by atoms with Crippen LogP contribution >= 0.6 is 11.8 Å². The topological polar surface area (TPSA) is 132 Å². The third-order valence-electron chi connectivity index (χ3n) is 4.44. The Morgan fingerprint density at radius 1 is 1.19 bits per heavy atom. The number of benzene rings is 2. The van der Waals surface area contributed by atoms with Crippen LogP contribution in [0.3, 0.4) is 0 Å². The van der Waals surface area contributed by atoms with Crippen molar-refractivity contribution in [2.24, 2.45) is 7.05 Å². The zero-order valence-electron chi connectivity index (χ0n) is 17.1. The summed E-state index contributed by atoms with van der Waals surface area (Å²) < 4.78 is 1.63. The Balaban J connectivity index is 1.68. The van der Waals surface area contributed by atoms with Crippen LogP contribution in [0.5, 0.6) is 0 Å². The fraction of sp³-hybridized carbons (Fsp3) is 0.200. The summed E-state index contributed by atoms with van der Waals surface area (Å²) in [7, 11) is 1.72. The molecule has 0 aliphatic heterocycles. The number of carbonyl (C=O) groups is 2. The maximum atomic E-state index is 12.4. The molecule has 160 valence electrons. The Labute approximate surface area is 182 Å². The number of anilines is 1. The molecule has 3 rings (SSSR count). The molecule has 0 saturated heterocycles. The number of hydrogen-bond acceptors (Lipinski definition) is 7. The van der Waals surface area contributed by atoms with Crippen LogP contribution in [0.1, 0.15) is 21.5 Å². The molecule has 0 aliphatic carbocycles. The number of para-hydroxylation sites is 1. The zero-order chi connectivity index (χ0) is 22.5. The molecule has 10 nitrogen and oxygen atoms in total. The molecule has 3 aromatic rings. The predicted molar refractivity (Wildman–Crippen MR) is 115 cm³/mol. The number of nitro groups is 1. The van der Waals surface area contributed by atoms with Crippen molar-refractivity contribution >= 4 is 35.0 Å². The SMILES string of the molecule is Cc1cccc(C)c1NC(=O)CNC(=O)c1ccc(Sc2nncn2C)c([N+](=O)[O-])c1. The summed E-state index contributed by atoms with van der Waals surface area (Å²) in [6, 6.07) is 9.76. The molecule has 0 atom stereocenters. The molecule has 0 aliphatic rings. The number of amides is 2. The molecule has 11 heteroatoms. The van der Waals surface area contributed by atoms with E-state index in [-0.39, 0.29) is 17.8 Å². The van der Waals surface area contributed by atoms with Crippen molar-refractivity contribution in [2.75, 3.05) is 11.9 Å². The lowest BCUT2D eigenvalue weighted by atomic mass is 10.1. The Hall–Kier alpha value is -3.73. The van der Waals surface area contributed by atoms with Crippen molar-refractivity contribution in [2.45, 2.75) is 23.9 Å². The van der Waals surface area contributed by atoms with Gasteiger partial charge in [0.25, 0.3) is 11.6 Å². The van der Waals surface area contributed by atoms with E-state index < -0.39 is 16.7 Å². The van der Waals surface area contributed by atoms with Gasteiger partial charge in [0, 0.05) is 24.4 Å². The number of rotatable bonds is 7. The summed E-state index contributed by atoms with van der Waals surface area (Å²) in [4.78, 5) is 35.9. The number of carbonyl (C=O) groups excluding carboxylic acids is 2. The standard InChI is InChI=1S/C20H20N6O4S/c1-12-5-4-6-13(2)18(12)23-17(27)10-21-19(28)14-7-8-16(15(9-14)26(29)30)31-20-24-22-11-25(20)3/h4-9,11H,10H2,1-3H3,(H,21,28)(H,23,27). The van der Waals surface area contributed by atoms with Gasteiger partial charge in [-0.25, -0.2) is 0 Å². The summed E-state index contributed by atoms with van der Waals surface area (Å²) in [5, 5.41) is 24.9. The number of aromatic nitrogens is 3. The van der Waals surface area contributed by atoms with Crippen LogP contribution in [0.4, 0.5) is 11.4 Å². The van der Waals surface area contributed by atoms with Crippen molar-refractivity contribution in [3.63, 3.8) is 0 Å². The Morgan fingerprint density at radius 2 is 1.90 bits per heavy atom. The van der Waals surface area contributed by atoms with Crippen LogP contribution in [0, 0.1) is 24.0 Å². The molecular weight excluding hydrogens is 420 g/mol. The maximum absolute atomic E-state index is 12.4. The second-order valence-corrected chi connectivity index (χ2v) is 7.77. The van der Waals surface area contributed by atoms with Gasteiger partial charge in [0.15, 0.2) is 5.16 Å². The fourth-order valence-electron chi connectivity index (χ4n) is 2.81. The lowest BCUT2D eigenvalue weighted by Crippen LogP contribution is -2.33. The minimum absolute atomic E-state index is 0.0777. The van der Waals surface area contributed by atoms with Crippen molar-refractivity contribution < 1.29 is 14.5 Å². The molecule has 2 aromatic carbocycles. The number of nitrogens with zero attached hydrogens (tertiary/aromatic N) is 4. The third-order valence-corrected chi connectivity index (χ3v) is 5.56. The molecule has 2 N–H and O–H groups in total. The second kappa shape index (κ2) is 9.39. The average molecular weight is 440 g/mol. The molecule has 31 heavy (non-hydrogen) atoms. The van der Waals surface area contributed by atoms with Gasteiger partial charge in [0.2, 0.25) is 5.91 Å². The first-order valence-corrected chi connectivity index (χ1v) is 10.0. The highest BCUT2D eigenvalue weighted by Gasteiger charge is 2.20. The summed E-state index contributed by atoms with van der Waals surface area (Å²) in [6.07, 6.45) is 1.49. The molecule has 0 saturated carbocycles. The Kier molecular flexibility index (Phi) is 6.65. The number of aryl methyl sites for hydroxylation is 3. The van der Waals surface area contributed by atoms with E-state index in [0.717, 1.165) is 22.9 Å². The van der Waals surface area contributed by atoms with E-state index in [2.05, 4.69) is 20.8 Å². The number of hydrogen-bond donors (Lipinski definition) is 2. The lowest BCUT2D eigenvalue weighted by molar-refractivity contribution is -0.387. The van der Waals surface area contributed by atoms with Crippen LogP contribution in [0.2, 0.25) is 0 Å². The number of nitrogens with one attached hydrogen (secondary N) is 2. The normalized spacial score (nSPS) is 10.5. The first-order valence-electron chi connectivity index (χ1n) is 9.21. The Bertz CT molecular complexity index is 1140. The average Bonchev–Trinajstić information content (AvgIpc) is 3.13. The van der Waals surface area contributed by atoms with Gasteiger partial charge in [0.1, 0.15) is 6.33 Å². The first-order chi connectivity index (χ1) is 14.8. The zero-order valence-corrected chi connectivity index (χ0v) is 17.9. The van der Waals surface area contributed by atoms with Gasteiger partial charge in [-0.1, -0.05) is 18.2 Å². The van der Waals surface area contributed by atoms with E-state index >= 15 is 0 Å². The summed E-state index contributed by atoms with van der Waals surface area (Å²) >= 11 is 1.07. The third kappa shape index (κ3) is 5.25. The van der Waals surface area contributed by atoms with E-state index in [1.54, 1.807) is 11.6 Å². The minimum atomic E-state index is -0.588. The Morgan fingerprint density at radius 3 is 2.52 bits per heavy atom. The van der Waals surface area contributed by atoms with Gasteiger partial charge < -0.3 is 15.2 Å². The van der Waals surface area contributed by atoms with Crippen LogP contribution in [-0.2, 0) is 11.8 Å². The van der Waals surface area contributed by atoms with Crippen LogP contribution in [0.15, 0.2) is 52.8 Å². The monoisotopic (exact) mass is 440 g/mol. The predicted octanol–water partition coefficient (Wildman–Crippen LogP) is 2.86. The second-order valence-electron chi connectivity index (χ2n) is 6.76. The van der Waals surface area contributed by atoms with Gasteiger partial charge in [-0.15, -0.1) is 10.2 Å². The summed E-state index contributed by atoms with van der Waals surface area (Å²) in [5.41, 5.74) is 2.36. The van der Waals surface area contributed by atoms with E-state index in [9.17, 15) is 19.7 Å².